The van der Waals surface area contributed by atoms with Crippen LogP contribution in [0.3, 0.4) is 0 Å². The molecule has 0 amide bonds. The van der Waals surface area contributed by atoms with Gasteiger partial charge < -0.3 is 9.63 Å². The minimum absolute atomic E-state index is 0.0257. The molecule has 2 aromatic heterocycles. The summed E-state index contributed by atoms with van der Waals surface area (Å²) in [5.41, 5.74) is 1.69. The van der Waals surface area contributed by atoms with Gasteiger partial charge in [-0.1, -0.05) is 12.1 Å². The molecule has 2 aromatic rings. The Bertz CT molecular complexity index is 495. The summed E-state index contributed by atoms with van der Waals surface area (Å²) < 4.78 is 5.07. The van der Waals surface area contributed by atoms with Crippen LogP contribution in [0, 0.1) is 5.92 Å². The van der Waals surface area contributed by atoms with Crippen LogP contribution in [0.2, 0.25) is 0 Å². The number of hydrogen-bond donors (Lipinski definition) is 1. The lowest BCUT2D eigenvalue weighted by Crippen LogP contribution is -2.07. The average Bonchev–Trinajstić information content (AvgIpc) is 2.84. The van der Waals surface area contributed by atoms with Crippen LogP contribution in [0.15, 0.2) is 16.2 Å². The summed E-state index contributed by atoms with van der Waals surface area (Å²) in [6.45, 7) is 1.84. The highest BCUT2D eigenvalue weighted by molar-refractivity contribution is 7.13. The molecular weight excluding hydrogens is 242 g/mol. The smallest absolute Gasteiger partial charge is 0.303 e. The van der Waals surface area contributed by atoms with E-state index < -0.39 is 5.97 Å². The molecule has 0 aliphatic rings. The predicted octanol–water partition coefficient (Wildman–Crippen LogP) is 1.85. The second kappa shape index (κ2) is 5.05. The van der Waals surface area contributed by atoms with E-state index in [9.17, 15) is 4.79 Å². The van der Waals surface area contributed by atoms with E-state index in [1.165, 1.54) is 11.3 Å². The van der Waals surface area contributed by atoms with Gasteiger partial charge in [0.1, 0.15) is 0 Å². The molecule has 0 aromatic carbocycles. The fraction of sp³-hybridized carbons (Fsp3) is 0.400. The first-order chi connectivity index (χ1) is 8.15. The van der Waals surface area contributed by atoms with E-state index >= 15 is 0 Å². The van der Waals surface area contributed by atoms with Crippen molar-refractivity contribution in [3.05, 3.63) is 17.6 Å². The Balaban J connectivity index is 2.01. The molecule has 0 radical (unpaired) electrons. The average molecular weight is 253 g/mol. The zero-order valence-electron chi connectivity index (χ0n) is 9.16. The van der Waals surface area contributed by atoms with Crippen molar-refractivity contribution in [1.29, 1.82) is 0 Å². The number of carboxylic acid groups (broad SMARTS) is 1. The van der Waals surface area contributed by atoms with Crippen molar-refractivity contribution in [3.8, 4) is 10.7 Å². The zero-order valence-corrected chi connectivity index (χ0v) is 9.98. The van der Waals surface area contributed by atoms with E-state index in [2.05, 4.69) is 15.1 Å². The highest BCUT2D eigenvalue weighted by atomic mass is 32.1. The molecule has 0 aliphatic carbocycles. The molecule has 6 nitrogen and oxygen atoms in total. The van der Waals surface area contributed by atoms with E-state index in [4.69, 9.17) is 9.63 Å². The first kappa shape index (κ1) is 11.7. The molecule has 1 unspecified atom stereocenters. The van der Waals surface area contributed by atoms with Gasteiger partial charge in [-0.2, -0.15) is 4.98 Å². The lowest BCUT2D eigenvalue weighted by molar-refractivity contribution is -0.137. The van der Waals surface area contributed by atoms with Crippen LogP contribution in [0.1, 0.15) is 19.2 Å². The molecule has 17 heavy (non-hydrogen) atoms. The Morgan fingerprint density at radius 2 is 2.47 bits per heavy atom. The van der Waals surface area contributed by atoms with E-state index in [1.54, 1.807) is 11.7 Å². The molecule has 0 aliphatic heterocycles. The van der Waals surface area contributed by atoms with Gasteiger partial charge in [-0.3, -0.25) is 9.78 Å². The van der Waals surface area contributed by atoms with Gasteiger partial charge in [0.15, 0.2) is 0 Å². The van der Waals surface area contributed by atoms with Gasteiger partial charge in [0.05, 0.1) is 10.4 Å². The highest BCUT2D eigenvalue weighted by Gasteiger charge is 2.14. The fourth-order valence-corrected chi connectivity index (χ4v) is 1.98. The summed E-state index contributed by atoms with van der Waals surface area (Å²) in [6, 6.07) is 0. The molecule has 1 N–H and O–H groups in total. The van der Waals surface area contributed by atoms with E-state index in [0.29, 0.717) is 18.1 Å². The SMILES string of the molecule is CC(CC(=O)O)Cc1nc(-c2cncs2)no1. The summed E-state index contributed by atoms with van der Waals surface area (Å²) in [5, 5.41) is 12.5. The maximum Gasteiger partial charge on any atom is 0.303 e. The monoisotopic (exact) mass is 253 g/mol. The standard InChI is InChI=1S/C10H11N3O3S/c1-6(3-9(14)15)2-8-12-10(13-16-8)7-4-11-5-17-7/h4-6H,2-3H2,1H3,(H,14,15). The maximum atomic E-state index is 10.5. The van der Waals surface area contributed by atoms with Crippen molar-refractivity contribution in [1.82, 2.24) is 15.1 Å². The van der Waals surface area contributed by atoms with E-state index in [1.807, 2.05) is 6.92 Å². The summed E-state index contributed by atoms with van der Waals surface area (Å²) in [4.78, 5) is 19.5. The number of thiazole rings is 1. The minimum atomic E-state index is -0.820. The summed E-state index contributed by atoms with van der Waals surface area (Å²) in [6.07, 6.45) is 2.23. The van der Waals surface area contributed by atoms with Crippen molar-refractivity contribution in [3.63, 3.8) is 0 Å². The molecule has 0 saturated heterocycles. The highest BCUT2D eigenvalue weighted by Crippen LogP contribution is 2.20. The van der Waals surface area contributed by atoms with Crippen LogP contribution in [0.4, 0.5) is 0 Å². The Kier molecular flexibility index (Phi) is 3.48. The maximum absolute atomic E-state index is 10.5. The quantitative estimate of drug-likeness (QED) is 0.874. The Labute approximate surface area is 101 Å². The summed E-state index contributed by atoms with van der Waals surface area (Å²) in [7, 11) is 0. The number of carbonyl (C=O) groups is 1. The lowest BCUT2D eigenvalue weighted by atomic mass is 10.0. The fourth-order valence-electron chi connectivity index (χ4n) is 1.43. The van der Waals surface area contributed by atoms with Crippen molar-refractivity contribution >= 4 is 17.3 Å². The largest absolute Gasteiger partial charge is 0.481 e. The number of rotatable bonds is 5. The third-order valence-corrected chi connectivity index (χ3v) is 2.94. The lowest BCUT2D eigenvalue weighted by Gasteiger charge is -2.02. The minimum Gasteiger partial charge on any atom is -0.481 e. The molecular formula is C10H11N3O3S. The summed E-state index contributed by atoms with van der Waals surface area (Å²) in [5.74, 6) is 0.120. The van der Waals surface area contributed by atoms with Gasteiger partial charge in [-0.25, -0.2) is 0 Å². The number of hydrogen-bond acceptors (Lipinski definition) is 6. The van der Waals surface area contributed by atoms with Crippen LogP contribution in [0.5, 0.6) is 0 Å². The summed E-state index contributed by atoms with van der Waals surface area (Å²) >= 11 is 1.43. The third kappa shape index (κ3) is 3.10. The van der Waals surface area contributed by atoms with Crippen LogP contribution in [-0.2, 0) is 11.2 Å². The molecule has 2 heterocycles. The second-order valence-electron chi connectivity index (χ2n) is 3.78. The van der Waals surface area contributed by atoms with Gasteiger partial charge in [0.25, 0.3) is 0 Å². The normalized spacial score (nSPS) is 12.5. The topological polar surface area (TPSA) is 89.1 Å². The third-order valence-electron chi connectivity index (χ3n) is 2.17. The number of carboxylic acids is 1. The molecule has 0 bridgehead atoms. The van der Waals surface area contributed by atoms with E-state index in [-0.39, 0.29) is 12.3 Å². The Morgan fingerprint density at radius 3 is 3.12 bits per heavy atom. The van der Waals surface area contributed by atoms with Crippen LogP contribution in [-0.4, -0.2) is 26.2 Å². The van der Waals surface area contributed by atoms with Crippen LogP contribution >= 0.6 is 11.3 Å². The molecule has 0 fully saturated rings. The van der Waals surface area contributed by atoms with Crippen molar-refractivity contribution in [2.75, 3.05) is 0 Å². The van der Waals surface area contributed by atoms with E-state index in [0.717, 1.165) is 4.88 Å². The van der Waals surface area contributed by atoms with Gasteiger partial charge in [-0.05, 0) is 5.92 Å². The van der Waals surface area contributed by atoms with Gasteiger partial charge >= 0.3 is 5.97 Å². The van der Waals surface area contributed by atoms with Gasteiger partial charge in [-0.15, -0.1) is 11.3 Å². The predicted molar refractivity (Wildman–Crippen MR) is 60.5 cm³/mol. The molecule has 1 atom stereocenters. The molecule has 0 saturated carbocycles. The zero-order chi connectivity index (χ0) is 12.3. The Hall–Kier alpha value is -1.76. The van der Waals surface area contributed by atoms with Crippen molar-refractivity contribution in [2.45, 2.75) is 19.8 Å². The van der Waals surface area contributed by atoms with Crippen molar-refractivity contribution in [2.24, 2.45) is 5.92 Å². The second-order valence-corrected chi connectivity index (χ2v) is 4.67. The number of nitrogens with zero attached hydrogens (tertiary/aromatic N) is 3. The Morgan fingerprint density at radius 1 is 1.65 bits per heavy atom. The number of aromatic nitrogens is 3. The van der Waals surface area contributed by atoms with Crippen LogP contribution < -0.4 is 0 Å². The van der Waals surface area contributed by atoms with Gasteiger partial charge in [0, 0.05) is 19.0 Å². The van der Waals surface area contributed by atoms with Crippen LogP contribution in [0.25, 0.3) is 10.7 Å². The molecule has 90 valence electrons. The molecule has 0 spiro atoms. The van der Waals surface area contributed by atoms with Gasteiger partial charge in [0.2, 0.25) is 11.7 Å². The first-order valence-corrected chi connectivity index (χ1v) is 5.96. The van der Waals surface area contributed by atoms with Crippen molar-refractivity contribution < 1.29 is 14.4 Å². The number of aliphatic carboxylic acids is 1. The first-order valence-electron chi connectivity index (χ1n) is 5.08. The molecule has 2 rings (SSSR count). The molecule has 7 heteroatoms.